The van der Waals surface area contributed by atoms with Crippen LogP contribution in [-0.4, -0.2) is 27.8 Å². The number of carbonyl (C=O) groups is 1. The minimum atomic E-state index is -0.108. The number of hydrogen-bond acceptors (Lipinski definition) is 4. The van der Waals surface area contributed by atoms with E-state index in [-0.39, 0.29) is 5.91 Å². The number of carbonyl (C=O) groups excluding carboxylic acids is 1. The van der Waals surface area contributed by atoms with Crippen molar-refractivity contribution in [2.45, 2.75) is 45.4 Å². The van der Waals surface area contributed by atoms with Gasteiger partial charge in [-0.05, 0) is 24.5 Å². The summed E-state index contributed by atoms with van der Waals surface area (Å²) < 4.78 is 7.30. The summed E-state index contributed by atoms with van der Waals surface area (Å²) in [5.41, 5.74) is 1.53. The summed E-state index contributed by atoms with van der Waals surface area (Å²) in [4.78, 5) is 12.4. The zero-order valence-electron chi connectivity index (χ0n) is 13.4. The smallest absolute Gasteiger partial charge is 0.252 e. The molecule has 0 spiro atoms. The summed E-state index contributed by atoms with van der Waals surface area (Å²) in [6.07, 6.45) is 4.49. The molecular weight excluding hydrogens is 292 g/mol. The van der Waals surface area contributed by atoms with Crippen molar-refractivity contribution in [3.8, 4) is 0 Å². The van der Waals surface area contributed by atoms with Gasteiger partial charge in [0.05, 0.1) is 13.2 Å². The second-order valence-electron chi connectivity index (χ2n) is 5.77. The van der Waals surface area contributed by atoms with Crippen LogP contribution in [0.15, 0.2) is 24.3 Å². The SMILES string of the molecule is COCc1ccccc1C(=O)NCc1nnc2n1CCCCC2. The van der Waals surface area contributed by atoms with Crippen molar-refractivity contribution < 1.29 is 9.53 Å². The minimum absolute atomic E-state index is 0.108. The highest BCUT2D eigenvalue weighted by Gasteiger charge is 2.16. The van der Waals surface area contributed by atoms with E-state index in [1.807, 2.05) is 24.3 Å². The third-order valence-corrected chi connectivity index (χ3v) is 4.15. The fraction of sp³-hybridized carbons (Fsp3) is 0.471. The van der Waals surface area contributed by atoms with E-state index in [0.717, 1.165) is 43.0 Å². The van der Waals surface area contributed by atoms with Gasteiger partial charge < -0.3 is 14.6 Å². The van der Waals surface area contributed by atoms with Gasteiger partial charge in [0.2, 0.25) is 0 Å². The molecule has 1 amide bonds. The van der Waals surface area contributed by atoms with Gasteiger partial charge in [-0.15, -0.1) is 10.2 Å². The van der Waals surface area contributed by atoms with Gasteiger partial charge in [0, 0.05) is 25.6 Å². The van der Waals surface area contributed by atoms with Gasteiger partial charge in [-0.25, -0.2) is 0 Å². The Morgan fingerprint density at radius 2 is 2.13 bits per heavy atom. The predicted octanol–water partition coefficient (Wildman–Crippen LogP) is 2.08. The maximum absolute atomic E-state index is 12.4. The lowest BCUT2D eigenvalue weighted by atomic mass is 10.1. The lowest BCUT2D eigenvalue weighted by molar-refractivity contribution is 0.0944. The molecule has 0 radical (unpaired) electrons. The monoisotopic (exact) mass is 314 g/mol. The Morgan fingerprint density at radius 3 is 3.00 bits per heavy atom. The summed E-state index contributed by atoms with van der Waals surface area (Å²) in [6, 6.07) is 7.48. The number of aryl methyl sites for hydroxylation is 1. The van der Waals surface area contributed by atoms with Crippen LogP contribution in [-0.2, 0) is 30.9 Å². The molecule has 1 aromatic heterocycles. The number of amides is 1. The number of nitrogens with one attached hydrogen (secondary N) is 1. The van der Waals surface area contributed by atoms with Crippen LogP contribution in [0.4, 0.5) is 0 Å². The second kappa shape index (κ2) is 7.37. The number of fused-ring (bicyclic) bond motifs is 1. The molecule has 122 valence electrons. The molecule has 0 saturated heterocycles. The molecule has 0 fully saturated rings. The quantitative estimate of drug-likeness (QED) is 0.917. The topological polar surface area (TPSA) is 69.0 Å². The van der Waals surface area contributed by atoms with Gasteiger partial charge in [0.1, 0.15) is 5.82 Å². The Morgan fingerprint density at radius 1 is 1.26 bits per heavy atom. The Labute approximate surface area is 135 Å². The zero-order chi connectivity index (χ0) is 16.1. The number of nitrogens with zero attached hydrogens (tertiary/aromatic N) is 3. The lowest BCUT2D eigenvalue weighted by Crippen LogP contribution is -2.26. The molecule has 0 atom stereocenters. The Kier molecular flexibility index (Phi) is 5.02. The van der Waals surface area contributed by atoms with Gasteiger partial charge >= 0.3 is 0 Å². The second-order valence-corrected chi connectivity index (χ2v) is 5.77. The first-order chi connectivity index (χ1) is 11.3. The normalized spacial score (nSPS) is 14.1. The molecule has 6 heteroatoms. The maximum atomic E-state index is 12.4. The molecule has 0 saturated carbocycles. The van der Waals surface area contributed by atoms with E-state index in [2.05, 4.69) is 20.1 Å². The molecule has 0 bridgehead atoms. The average Bonchev–Trinajstić information content (AvgIpc) is 2.80. The predicted molar refractivity (Wildman–Crippen MR) is 85.9 cm³/mol. The highest BCUT2D eigenvalue weighted by atomic mass is 16.5. The van der Waals surface area contributed by atoms with E-state index >= 15 is 0 Å². The van der Waals surface area contributed by atoms with Crippen molar-refractivity contribution in [2.24, 2.45) is 0 Å². The number of ether oxygens (including phenoxy) is 1. The summed E-state index contributed by atoms with van der Waals surface area (Å²) in [6.45, 7) is 1.75. The van der Waals surface area contributed by atoms with Crippen molar-refractivity contribution in [1.29, 1.82) is 0 Å². The van der Waals surface area contributed by atoms with Crippen LogP contribution in [0.25, 0.3) is 0 Å². The fourth-order valence-corrected chi connectivity index (χ4v) is 2.95. The fourth-order valence-electron chi connectivity index (χ4n) is 2.95. The summed E-state index contributed by atoms with van der Waals surface area (Å²) >= 11 is 0. The molecule has 0 aliphatic carbocycles. The van der Waals surface area contributed by atoms with Gasteiger partial charge in [-0.2, -0.15) is 0 Å². The molecule has 2 aromatic rings. The van der Waals surface area contributed by atoms with E-state index in [1.54, 1.807) is 7.11 Å². The number of methoxy groups -OCH3 is 1. The highest BCUT2D eigenvalue weighted by molar-refractivity contribution is 5.95. The average molecular weight is 314 g/mol. The standard InChI is InChI=1S/C17H22N4O2/c1-23-12-13-7-4-5-8-14(13)17(22)18-11-16-20-19-15-9-3-2-6-10-21(15)16/h4-5,7-8H,2-3,6,9-12H2,1H3,(H,18,22). The highest BCUT2D eigenvalue weighted by Crippen LogP contribution is 2.15. The first-order valence-corrected chi connectivity index (χ1v) is 8.05. The number of benzene rings is 1. The number of rotatable bonds is 5. The zero-order valence-corrected chi connectivity index (χ0v) is 13.4. The van der Waals surface area contributed by atoms with Crippen LogP contribution in [0.3, 0.4) is 0 Å². The van der Waals surface area contributed by atoms with E-state index in [4.69, 9.17) is 4.74 Å². The van der Waals surface area contributed by atoms with Crippen molar-refractivity contribution in [3.05, 3.63) is 47.0 Å². The number of hydrogen-bond donors (Lipinski definition) is 1. The van der Waals surface area contributed by atoms with Crippen molar-refractivity contribution in [2.75, 3.05) is 7.11 Å². The first kappa shape index (κ1) is 15.7. The van der Waals surface area contributed by atoms with Gasteiger partial charge in [-0.3, -0.25) is 4.79 Å². The molecule has 2 heterocycles. The van der Waals surface area contributed by atoms with Crippen molar-refractivity contribution in [1.82, 2.24) is 20.1 Å². The van der Waals surface area contributed by atoms with Crippen LogP contribution in [0.5, 0.6) is 0 Å². The third-order valence-electron chi connectivity index (χ3n) is 4.15. The maximum Gasteiger partial charge on any atom is 0.252 e. The van der Waals surface area contributed by atoms with Crippen molar-refractivity contribution in [3.63, 3.8) is 0 Å². The molecule has 1 N–H and O–H groups in total. The summed E-state index contributed by atoms with van der Waals surface area (Å²) in [5, 5.41) is 11.4. The van der Waals surface area contributed by atoms with E-state index < -0.39 is 0 Å². The molecule has 0 unspecified atom stereocenters. The molecule has 1 aromatic carbocycles. The van der Waals surface area contributed by atoms with Crippen LogP contribution >= 0.6 is 0 Å². The molecule has 23 heavy (non-hydrogen) atoms. The van der Waals surface area contributed by atoms with Crippen molar-refractivity contribution >= 4 is 5.91 Å². The van der Waals surface area contributed by atoms with E-state index in [0.29, 0.717) is 18.7 Å². The Balaban J connectivity index is 1.69. The molecule has 3 rings (SSSR count). The third kappa shape index (κ3) is 3.59. The minimum Gasteiger partial charge on any atom is -0.380 e. The van der Waals surface area contributed by atoms with Crippen LogP contribution < -0.4 is 5.32 Å². The molecular formula is C17H22N4O2. The van der Waals surface area contributed by atoms with Crippen LogP contribution in [0, 0.1) is 0 Å². The largest absolute Gasteiger partial charge is 0.380 e. The van der Waals surface area contributed by atoms with Gasteiger partial charge in [0.25, 0.3) is 5.91 Å². The van der Waals surface area contributed by atoms with E-state index in [1.165, 1.54) is 6.42 Å². The lowest BCUT2D eigenvalue weighted by Gasteiger charge is -2.10. The van der Waals surface area contributed by atoms with Crippen LogP contribution in [0.2, 0.25) is 0 Å². The molecule has 6 nitrogen and oxygen atoms in total. The van der Waals surface area contributed by atoms with Gasteiger partial charge in [-0.1, -0.05) is 24.6 Å². The first-order valence-electron chi connectivity index (χ1n) is 8.05. The Hall–Kier alpha value is -2.21. The van der Waals surface area contributed by atoms with Gasteiger partial charge in [0.15, 0.2) is 5.82 Å². The van der Waals surface area contributed by atoms with Crippen LogP contribution in [0.1, 0.15) is 46.8 Å². The molecule has 1 aliphatic rings. The molecule has 1 aliphatic heterocycles. The summed E-state index contributed by atoms with van der Waals surface area (Å²) in [7, 11) is 1.63. The van der Waals surface area contributed by atoms with E-state index in [9.17, 15) is 4.79 Å². The Bertz CT molecular complexity index is 681. The summed E-state index contributed by atoms with van der Waals surface area (Å²) in [5.74, 6) is 1.76. The number of aromatic nitrogens is 3.